The molecule has 0 saturated heterocycles. The Morgan fingerprint density at radius 2 is 2.00 bits per heavy atom. The molecule has 8 heteroatoms. The third-order valence-electron chi connectivity index (χ3n) is 2.89. The second-order valence-electron chi connectivity index (χ2n) is 4.14. The molecular formula is C13H19NO7. The molecule has 1 aliphatic rings. The molecule has 21 heavy (non-hydrogen) atoms. The van der Waals surface area contributed by atoms with Crippen LogP contribution >= 0.6 is 0 Å². The van der Waals surface area contributed by atoms with Crippen molar-refractivity contribution in [2.24, 2.45) is 5.92 Å². The number of nitro groups is 1. The maximum absolute atomic E-state index is 11.6. The average Bonchev–Trinajstić information content (AvgIpc) is 2.49. The van der Waals surface area contributed by atoms with Crippen LogP contribution in [0.4, 0.5) is 0 Å². The van der Waals surface area contributed by atoms with Gasteiger partial charge in [-0.2, -0.15) is 0 Å². The second-order valence-corrected chi connectivity index (χ2v) is 4.14. The number of nitrogens with zero attached hydrogens (tertiary/aromatic N) is 1. The smallest absolute Gasteiger partial charge is 0.320 e. The van der Waals surface area contributed by atoms with Gasteiger partial charge in [-0.3, -0.25) is 14.9 Å². The van der Waals surface area contributed by atoms with Gasteiger partial charge in [-0.05, 0) is 13.0 Å². The molecular weight excluding hydrogens is 282 g/mol. The topological polar surface area (TPSA) is 97.1 Å². The van der Waals surface area contributed by atoms with Crippen molar-refractivity contribution < 1.29 is 28.7 Å². The fourth-order valence-electron chi connectivity index (χ4n) is 1.86. The molecule has 0 spiro atoms. The van der Waals surface area contributed by atoms with E-state index in [1.54, 1.807) is 0 Å². The van der Waals surface area contributed by atoms with Gasteiger partial charge in [-0.25, -0.2) is 0 Å². The highest BCUT2D eigenvalue weighted by Gasteiger charge is 2.40. The van der Waals surface area contributed by atoms with Crippen molar-refractivity contribution in [2.75, 3.05) is 34.0 Å². The first-order valence-electron chi connectivity index (χ1n) is 6.45. The Labute approximate surface area is 122 Å². The van der Waals surface area contributed by atoms with Crippen molar-refractivity contribution in [3.8, 4) is 0 Å². The van der Waals surface area contributed by atoms with Crippen LogP contribution in [-0.2, 0) is 23.7 Å². The van der Waals surface area contributed by atoms with E-state index in [9.17, 15) is 14.9 Å². The minimum atomic E-state index is -1.25. The monoisotopic (exact) mass is 301 g/mol. The highest BCUT2D eigenvalue weighted by molar-refractivity contribution is 5.76. The van der Waals surface area contributed by atoms with E-state index in [2.05, 4.69) is 4.74 Å². The zero-order chi connectivity index (χ0) is 15.8. The quantitative estimate of drug-likeness (QED) is 0.284. The van der Waals surface area contributed by atoms with Crippen LogP contribution < -0.4 is 0 Å². The van der Waals surface area contributed by atoms with Crippen molar-refractivity contribution in [2.45, 2.75) is 13.0 Å². The van der Waals surface area contributed by atoms with Gasteiger partial charge in [0.2, 0.25) is 0 Å². The summed E-state index contributed by atoms with van der Waals surface area (Å²) in [5.41, 5.74) is 0. The number of carbonyl (C=O) groups is 1. The number of methoxy groups -OCH3 is 2. The molecule has 1 aliphatic carbocycles. The summed E-state index contributed by atoms with van der Waals surface area (Å²) in [7, 11) is 2.57. The molecule has 0 radical (unpaired) electrons. The minimum Gasteiger partial charge on any atom is -0.493 e. The van der Waals surface area contributed by atoms with Gasteiger partial charge in [0.25, 0.3) is 6.04 Å². The van der Waals surface area contributed by atoms with Crippen LogP contribution in [0.25, 0.3) is 0 Å². The Morgan fingerprint density at radius 1 is 1.29 bits per heavy atom. The maximum atomic E-state index is 11.6. The molecule has 8 nitrogen and oxygen atoms in total. The summed E-state index contributed by atoms with van der Waals surface area (Å²) in [6, 6.07) is -1.25. The largest absolute Gasteiger partial charge is 0.493 e. The molecule has 0 aromatic carbocycles. The van der Waals surface area contributed by atoms with Crippen LogP contribution in [0.5, 0.6) is 0 Å². The lowest BCUT2D eigenvalue weighted by Gasteiger charge is -2.22. The Hall–Kier alpha value is -2.09. The normalized spacial score (nSPS) is 21.1. The van der Waals surface area contributed by atoms with E-state index in [0.29, 0.717) is 13.2 Å². The average molecular weight is 301 g/mol. The van der Waals surface area contributed by atoms with E-state index in [1.165, 1.54) is 26.4 Å². The van der Waals surface area contributed by atoms with Crippen molar-refractivity contribution in [3.63, 3.8) is 0 Å². The van der Waals surface area contributed by atoms with Crippen LogP contribution in [0.3, 0.4) is 0 Å². The molecule has 118 valence electrons. The number of esters is 1. The predicted octanol–water partition coefficient (Wildman–Crippen LogP) is 0.902. The summed E-state index contributed by atoms with van der Waals surface area (Å²) in [6.07, 6.45) is 2.60. The summed E-state index contributed by atoms with van der Waals surface area (Å²) in [4.78, 5) is 22.2. The van der Waals surface area contributed by atoms with Gasteiger partial charge in [0.05, 0.1) is 20.8 Å². The van der Waals surface area contributed by atoms with Gasteiger partial charge in [0.1, 0.15) is 6.61 Å². The lowest BCUT2D eigenvalue weighted by Crippen LogP contribution is -2.35. The lowest BCUT2D eigenvalue weighted by atomic mass is 9.94. The van der Waals surface area contributed by atoms with E-state index in [4.69, 9.17) is 14.2 Å². The van der Waals surface area contributed by atoms with Crippen LogP contribution in [-0.4, -0.2) is 51.0 Å². The van der Waals surface area contributed by atoms with Crippen molar-refractivity contribution in [1.29, 1.82) is 0 Å². The number of hydrogen-bond donors (Lipinski definition) is 0. The fourth-order valence-corrected chi connectivity index (χ4v) is 1.86. The molecule has 0 aliphatic heterocycles. The molecule has 2 unspecified atom stereocenters. The van der Waals surface area contributed by atoms with E-state index in [0.717, 1.165) is 0 Å². The Kier molecular flexibility index (Phi) is 6.67. The maximum Gasteiger partial charge on any atom is 0.320 e. The summed E-state index contributed by atoms with van der Waals surface area (Å²) >= 11 is 0. The van der Waals surface area contributed by atoms with E-state index < -0.39 is 22.9 Å². The van der Waals surface area contributed by atoms with Crippen molar-refractivity contribution in [3.05, 3.63) is 33.8 Å². The zero-order valence-electron chi connectivity index (χ0n) is 12.2. The second kappa shape index (κ2) is 8.25. The minimum absolute atomic E-state index is 0.221. The molecule has 0 bridgehead atoms. The van der Waals surface area contributed by atoms with Crippen molar-refractivity contribution >= 4 is 5.97 Å². The van der Waals surface area contributed by atoms with Crippen LogP contribution in [0.1, 0.15) is 6.92 Å². The molecule has 0 aromatic rings. The van der Waals surface area contributed by atoms with Crippen LogP contribution in [0.2, 0.25) is 0 Å². The molecule has 2 atom stereocenters. The highest BCUT2D eigenvalue weighted by atomic mass is 16.6. The van der Waals surface area contributed by atoms with Gasteiger partial charge < -0.3 is 18.9 Å². The van der Waals surface area contributed by atoms with Crippen LogP contribution in [0, 0.1) is 16.0 Å². The number of hydrogen-bond acceptors (Lipinski definition) is 7. The van der Waals surface area contributed by atoms with Gasteiger partial charge in [-0.15, -0.1) is 0 Å². The fraction of sp³-hybridized carbons (Fsp3) is 0.615. The summed E-state index contributed by atoms with van der Waals surface area (Å²) < 4.78 is 20.2. The standard InChI is InChI=1S/C13H19NO7/c1-4-20-5-6-21-12-8-10(14(16)17)9(13(15)19-3)7-11(12)18-2/h7-10H,4-6H2,1-3H3. The first-order chi connectivity index (χ1) is 10.0. The zero-order valence-corrected chi connectivity index (χ0v) is 12.2. The molecule has 0 N–H and O–H groups in total. The molecule has 0 heterocycles. The Morgan fingerprint density at radius 3 is 2.52 bits per heavy atom. The summed E-state index contributed by atoms with van der Waals surface area (Å²) in [5.74, 6) is -1.26. The summed E-state index contributed by atoms with van der Waals surface area (Å²) in [5, 5.41) is 11.1. The first kappa shape index (κ1) is 17.0. The lowest BCUT2D eigenvalue weighted by molar-refractivity contribution is -0.514. The Balaban J connectivity index is 2.89. The third-order valence-corrected chi connectivity index (χ3v) is 2.89. The number of carbonyl (C=O) groups excluding carboxylic acids is 1. The van der Waals surface area contributed by atoms with Gasteiger partial charge in [0.15, 0.2) is 17.4 Å². The third kappa shape index (κ3) is 4.45. The highest BCUT2D eigenvalue weighted by Crippen LogP contribution is 2.27. The molecule has 1 rings (SSSR count). The van der Waals surface area contributed by atoms with Gasteiger partial charge in [-0.1, -0.05) is 0 Å². The number of rotatable bonds is 8. The number of ether oxygens (including phenoxy) is 4. The molecule has 0 aromatic heterocycles. The van der Waals surface area contributed by atoms with E-state index in [-0.39, 0.29) is 18.1 Å². The Bertz CT molecular complexity index is 444. The van der Waals surface area contributed by atoms with Crippen molar-refractivity contribution in [1.82, 2.24) is 0 Å². The first-order valence-corrected chi connectivity index (χ1v) is 6.45. The van der Waals surface area contributed by atoms with Gasteiger partial charge >= 0.3 is 5.97 Å². The summed E-state index contributed by atoms with van der Waals surface area (Å²) in [6.45, 7) is 2.99. The van der Waals surface area contributed by atoms with E-state index in [1.807, 2.05) is 6.92 Å². The molecule has 0 saturated carbocycles. The van der Waals surface area contributed by atoms with Crippen LogP contribution in [0.15, 0.2) is 23.7 Å². The molecule has 0 amide bonds. The SMILES string of the molecule is CCOCCOC1=CC([N+](=O)[O-])C(C(=O)OC)C=C1OC. The van der Waals surface area contributed by atoms with E-state index >= 15 is 0 Å². The van der Waals surface area contributed by atoms with Gasteiger partial charge in [0, 0.05) is 17.6 Å². The molecule has 0 fully saturated rings. The predicted molar refractivity (Wildman–Crippen MR) is 71.9 cm³/mol.